The second kappa shape index (κ2) is 5.94. The van der Waals surface area contributed by atoms with Crippen molar-refractivity contribution in [2.45, 2.75) is 51.1 Å². The summed E-state index contributed by atoms with van der Waals surface area (Å²) in [6.45, 7) is 1.62. The Morgan fingerprint density at radius 1 is 1.14 bits per heavy atom. The summed E-state index contributed by atoms with van der Waals surface area (Å²) in [5, 5.41) is 6.31. The summed E-state index contributed by atoms with van der Waals surface area (Å²) in [6.07, 6.45) is 13.3. The molecule has 5 heteroatoms. The molecule has 0 aliphatic heterocycles. The third-order valence-corrected chi connectivity index (χ3v) is 5.96. The largest absolute Gasteiger partial charge is 0.338 e. The van der Waals surface area contributed by atoms with E-state index in [2.05, 4.69) is 15.6 Å². The number of aryl methyl sites for hydroxylation is 1. The van der Waals surface area contributed by atoms with Crippen molar-refractivity contribution in [2.75, 3.05) is 6.54 Å². The summed E-state index contributed by atoms with van der Waals surface area (Å²) in [5.74, 6) is 3.40. The lowest BCUT2D eigenvalue weighted by Crippen LogP contribution is -2.57. The molecule has 4 aliphatic rings. The van der Waals surface area contributed by atoms with Gasteiger partial charge < -0.3 is 15.2 Å². The highest BCUT2D eigenvalue weighted by Crippen LogP contribution is 2.53. The summed E-state index contributed by atoms with van der Waals surface area (Å²) in [7, 11) is 0. The number of amides is 2. The number of carbonyl (C=O) groups excluding carboxylic acids is 1. The van der Waals surface area contributed by atoms with E-state index in [1.54, 1.807) is 6.20 Å². The van der Waals surface area contributed by atoms with E-state index in [1.165, 1.54) is 32.1 Å². The molecule has 4 fully saturated rings. The van der Waals surface area contributed by atoms with Gasteiger partial charge in [-0.25, -0.2) is 9.78 Å². The van der Waals surface area contributed by atoms with Crippen molar-refractivity contribution in [2.24, 2.45) is 23.7 Å². The fourth-order valence-electron chi connectivity index (χ4n) is 5.25. The van der Waals surface area contributed by atoms with E-state index in [-0.39, 0.29) is 6.03 Å². The van der Waals surface area contributed by atoms with Crippen molar-refractivity contribution < 1.29 is 4.79 Å². The third kappa shape index (κ3) is 2.85. The van der Waals surface area contributed by atoms with Crippen molar-refractivity contribution in [3.8, 4) is 0 Å². The first-order chi connectivity index (χ1) is 10.8. The Morgan fingerprint density at radius 3 is 2.50 bits per heavy atom. The number of hydrogen-bond acceptors (Lipinski definition) is 2. The van der Waals surface area contributed by atoms with Crippen LogP contribution in [0.15, 0.2) is 18.7 Å². The summed E-state index contributed by atoms with van der Waals surface area (Å²) in [4.78, 5) is 16.2. The van der Waals surface area contributed by atoms with Crippen LogP contribution in [0.4, 0.5) is 4.79 Å². The molecule has 4 aliphatic carbocycles. The van der Waals surface area contributed by atoms with Crippen molar-refractivity contribution in [3.05, 3.63) is 18.7 Å². The van der Waals surface area contributed by atoms with E-state index >= 15 is 0 Å². The molecular formula is C17H26N4O. The number of nitrogens with zero attached hydrogens (tertiary/aromatic N) is 2. The maximum atomic E-state index is 12.2. The quantitative estimate of drug-likeness (QED) is 0.821. The molecular weight excluding hydrogens is 276 g/mol. The van der Waals surface area contributed by atoms with Crippen LogP contribution in [0.3, 0.4) is 0 Å². The second-order valence-electron chi connectivity index (χ2n) is 7.51. The topological polar surface area (TPSA) is 59.0 Å². The maximum absolute atomic E-state index is 12.2. The van der Waals surface area contributed by atoms with Crippen LogP contribution in [0.2, 0.25) is 0 Å². The fraction of sp³-hybridized carbons (Fsp3) is 0.765. The van der Waals surface area contributed by atoms with E-state index in [4.69, 9.17) is 0 Å². The maximum Gasteiger partial charge on any atom is 0.315 e. The van der Waals surface area contributed by atoms with Crippen LogP contribution in [-0.2, 0) is 6.54 Å². The van der Waals surface area contributed by atoms with E-state index in [1.807, 2.05) is 17.1 Å². The first-order valence-electron chi connectivity index (χ1n) is 8.78. The molecule has 120 valence electrons. The van der Waals surface area contributed by atoms with Gasteiger partial charge in [0.05, 0.1) is 6.33 Å². The van der Waals surface area contributed by atoms with E-state index < -0.39 is 0 Å². The number of urea groups is 1. The highest BCUT2D eigenvalue weighted by Gasteiger charge is 2.48. The van der Waals surface area contributed by atoms with Gasteiger partial charge >= 0.3 is 6.03 Å². The zero-order valence-corrected chi connectivity index (χ0v) is 13.1. The SMILES string of the molecule is O=C(NCCCn1ccnc1)NC1C2CC3CC(C2)CC1C3. The molecule has 1 aromatic rings. The molecule has 1 heterocycles. The van der Waals surface area contributed by atoms with Gasteiger partial charge in [-0.05, 0) is 62.2 Å². The fourth-order valence-corrected chi connectivity index (χ4v) is 5.25. The highest BCUT2D eigenvalue weighted by atomic mass is 16.2. The number of imidazole rings is 1. The first kappa shape index (κ1) is 14.1. The van der Waals surface area contributed by atoms with Crippen LogP contribution < -0.4 is 10.6 Å². The van der Waals surface area contributed by atoms with Crippen LogP contribution in [0.5, 0.6) is 0 Å². The molecule has 5 rings (SSSR count). The van der Waals surface area contributed by atoms with Crippen LogP contribution in [-0.4, -0.2) is 28.2 Å². The van der Waals surface area contributed by atoms with Crippen LogP contribution in [0, 0.1) is 23.7 Å². The van der Waals surface area contributed by atoms with Crippen LogP contribution in [0.1, 0.15) is 38.5 Å². The zero-order valence-electron chi connectivity index (χ0n) is 13.1. The zero-order chi connectivity index (χ0) is 14.9. The lowest BCUT2D eigenvalue weighted by molar-refractivity contribution is -0.00940. The Labute approximate surface area is 131 Å². The smallest absolute Gasteiger partial charge is 0.315 e. The van der Waals surface area contributed by atoms with Gasteiger partial charge in [-0.1, -0.05) is 0 Å². The molecule has 0 aromatic carbocycles. The van der Waals surface area contributed by atoms with E-state index in [0.717, 1.165) is 43.2 Å². The van der Waals surface area contributed by atoms with Crippen LogP contribution >= 0.6 is 0 Å². The predicted octanol–water partition coefficient (Wildman–Crippen LogP) is 2.40. The third-order valence-electron chi connectivity index (χ3n) is 5.96. The standard InChI is InChI=1S/C17H26N4O/c22-17(19-2-1-4-21-5-3-18-11-21)20-16-14-7-12-6-13(9-14)10-15(16)8-12/h3,5,11-16H,1-2,4,6-10H2,(H2,19,20,22). The average Bonchev–Trinajstić information content (AvgIpc) is 3.00. The molecule has 4 saturated carbocycles. The monoisotopic (exact) mass is 302 g/mol. The molecule has 0 spiro atoms. The number of nitrogens with one attached hydrogen (secondary N) is 2. The van der Waals surface area contributed by atoms with Crippen molar-refractivity contribution >= 4 is 6.03 Å². The summed E-state index contributed by atoms with van der Waals surface area (Å²) >= 11 is 0. The van der Waals surface area contributed by atoms with Gasteiger partial charge in [0.15, 0.2) is 0 Å². The Kier molecular flexibility index (Phi) is 3.80. The number of hydrogen-bond donors (Lipinski definition) is 2. The molecule has 0 radical (unpaired) electrons. The summed E-state index contributed by atoms with van der Waals surface area (Å²) in [6, 6.07) is 0.463. The molecule has 2 amide bonds. The van der Waals surface area contributed by atoms with Gasteiger partial charge in [-0.15, -0.1) is 0 Å². The Bertz CT molecular complexity index is 485. The summed E-state index contributed by atoms with van der Waals surface area (Å²) < 4.78 is 2.04. The number of carbonyl (C=O) groups is 1. The Morgan fingerprint density at radius 2 is 1.86 bits per heavy atom. The lowest BCUT2D eigenvalue weighted by Gasteiger charge is -2.54. The minimum absolute atomic E-state index is 0.0307. The molecule has 4 bridgehead atoms. The Hall–Kier alpha value is -1.52. The van der Waals surface area contributed by atoms with Gasteiger partial charge in [-0.2, -0.15) is 0 Å². The molecule has 0 unspecified atom stereocenters. The minimum Gasteiger partial charge on any atom is -0.338 e. The van der Waals surface area contributed by atoms with Gasteiger partial charge in [-0.3, -0.25) is 0 Å². The number of aromatic nitrogens is 2. The first-order valence-corrected chi connectivity index (χ1v) is 8.78. The highest BCUT2D eigenvalue weighted by molar-refractivity contribution is 5.74. The molecule has 22 heavy (non-hydrogen) atoms. The normalized spacial score (nSPS) is 35.5. The lowest BCUT2D eigenvalue weighted by atomic mass is 9.54. The second-order valence-corrected chi connectivity index (χ2v) is 7.51. The minimum atomic E-state index is 0.0307. The van der Waals surface area contributed by atoms with E-state index in [9.17, 15) is 4.79 Å². The molecule has 2 N–H and O–H groups in total. The average molecular weight is 302 g/mol. The van der Waals surface area contributed by atoms with Crippen LogP contribution in [0.25, 0.3) is 0 Å². The van der Waals surface area contributed by atoms with Gasteiger partial charge in [0.1, 0.15) is 0 Å². The Balaban J connectivity index is 1.21. The molecule has 5 nitrogen and oxygen atoms in total. The van der Waals surface area contributed by atoms with Crippen molar-refractivity contribution in [1.29, 1.82) is 0 Å². The van der Waals surface area contributed by atoms with Crippen molar-refractivity contribution in [3.63, 3.8) is 0 Å². The molecule has 0 saturated heterocycles. The summed E-state index contributed by atoms with van der Waals surface area (Å²) in [5.41, 5.74) is 0. The predicted molar refractivity (Wildman–Crippen MR) is 84.2 cm³/mol. The number of rotatable bonds is 5. The molecule has 1 aromatic heterocycles. The van der Waals surface area contributed by atoms with Gasteiger partial charge in [0.25, 0.3) is 0 Å². The van der Waals surface area contributed by atoms with E-state index in [0.29, 0.717) is 6.04 Å². The van der Waals surface area contributed by atoms with Gasteiger partial charge in [0, 0.05) is 31.5 Å². The van der Waals surface area contributed by atoms with Crippen molar-refractivity contribution in [1.82, 2.24) is 20.2 Å². The molecule has 0 atom stereocenters. The van der Waals surface area contributed by atoms with Gasteiger partial charge in [0.2, 0.25) is 0 Å².